The van der Waals surface area contributed by atoms with Crippen molar-refractivity contribution in [3.05, 3.63) is 59.5 Å². The highest BCUT2D eigenvalue weighted by Gasteiger charge is 2.24. The van der Waals surface area contributed by atoms with Crippen molar-refractivity contribution in [2.75, 3.05) is 0 Å². The van der Waals surface area contributed by atoms with Gasteiger partial charge in [0.2, 0.25) is 0 Å². The van der Waals surface area contributed by atoms with Crippen LogP contribution in [0.15, 0.2) is 42.6 Å². The minimum absolute atomic E-state index is 0.0787. The molecule has 2 heterocycles. The van der Waals surface area contributed by atoms with Crippen LogP contribution in [0.25, 0.3) is 10.9 Å². The minimum atomic E-state index is -0.0927. The molecule has 0 radical (unpaired) electrons. The molecule has 5 heteroatoms. The fourth-order valence-electron chi connectivity index (χ4n) is 3.26. The van der Waals surface area contributed by atoms with Crippen LogP contribution in [0.5, 0.6) is 0 Å². The van der Waals surface area contributed by atoms with Crippen molar-refractivity contribution < 1.29 is 4.79 Å². The van der Waals surface area contributed by atoms with E-state index >= 15 is 0 Å². The van der Waals surface area contributed by atoms with E-state index in [1.165, 1.54) is 0 Å². The molecule has 0 saturated heterocycles. The van der Waals surface area contributed by atoms with E-state index in [9.17, 15) is 4.79 Å². The first-order valence-corrected chi connectivity index (χ1v) is 8.80. The van der Waals surface area contributed by atoms with Crippen molar-refractivity contribution in [1.29, 1.82) is 0 Å². The average molecular weight is 336 g/mol. The van der Waals surface area contributed by atoms with Crippen molar-refractivity contribution in [1.82, 2.24) is 20.5 Å². The zero-order valence-electron chi connectivity index (χ0n) is 14.9. The first kappa shape index (κ1) is 17.1. The number of rotatable bonds is 6. The van der Waals surface area contributed by atoms with Gasteiger partial charge in [0.05, 0.1) is 17.3 Å². The van der Waals surface area contributed by atoms with Gasteiger partial charge in [-0.05, 0) is 43.2 Å². The third-order valence-electron chi connectivity index (χ3n) is 4.82. The second-order valence-corrected chi connectivity index (χ2v) is 6.36. The number of aromatic nitrogens is 3. The normalized spacial score (nSPS) is 12.5. The molecule has 0 spiro atoms. The quantitative estimate of drug-likeness (QED) is 0.709. The summed E-state index contributed by atoms with van der Waals surface area (Å²) in [5, 5.41) is 11.3. The van der Waals surface area contributed by atoms with E-state index in [2.05, 4.69) is 34.3 Å². The summed E-state index contributed by atoms with van der Waals surface area (Å²) in [7, 11) is 0. The Bertz CT molecular complexity index is 853. The van der Waals surface area contributed by atoms with Gasteiger partial charge in [0.15, 0.2) is 0 Å². The lowest BCUT2D eigenvalue weighted by Gasteiger charge is -2.26. The van der Waals surface area contributed by atoms with Gasteiger partial charge < -0.3 is 5.32 Å². The molecule has 3 aromatic rings. The number of nitrogens with one attached hydrogen (secondary N) is 2. The number of carbonyl (C=O) groups is 1. The molecule has 0 fully saturated rings. The number of amides is 1. The molecule has 2 aromatic heterocycles. The highest BCUT2D eigenvalue weighted by atomic mass is 16.1. The molecular formula is C20H24N4O. The number of hydrogen-bond acceptors (Lipinski definition) is 3. The second kappa shape index (κ2) is 7.47. The Hall–Kier alpha value is -2.69. The van der Waals surface area contributed by atoms with Crippen molar-refractivity contribution in [3.8, 4) is 0 Å². The summed E-state index contributed by atoms with van der Waals surface area (Å²) in [4.78, 5) is 17.3. The van der Waals surface area contributed by atoms with Crippen LogP contribution in [0.2, 0.25) is 0 Å². The highest BCUT2D eigenvalue weighted by molar-refractivity contribution is 5.98. The predicted molar refractivity (Wildman–Crippen MR) is 99.3 cm³/mol. The molecule has 0 aliphatic carbocycles. The van der Waals surface area contributed by atoms with Gasteiger partial charge in [-0.3, -0.25) is 14.9 Å². The molecule has 2 N–H and O–H groups in total. The van der Waals surface area contributed by atoms with Crippen LogP contribution in [-0.2, 0) is 0 Å². The molecule has 0 saturated carbocycles. The molecule has 0 bridgehead atoms. The highest BCUT2D eigenvalue weighted by Crippen LogP contribution is 2.27. The van der Waals surface area contributed by atoms with Crippen LogP contribution in [0.1, 0.15) is 54.5 Å². The summed E-state index contributed by atoms with van der Waals surface area (Å²) in [5.41, 5.74) is 3.38. The van der Waals surface area contributed by atoms with E-state index in [0.717, 1.165) is 35.1 Å². The number of H-pyrrole nitrogens is 1. The van der Waals surface area contributed by atoms with Crippen molar-refractivity contribution in [2.24, 2.45) is 5.92 Å². The summed E-state index contributed by atoms with van der Waals surface area (Å²) < 4.78 is 0. The molecule has 130 valence electrons. The molecule has 5 nitrogen and oxygen atoms in total. The third-order valence-corrected chi connectivity index (χ3v) is 4.82. The van der Waals surface area contributed by atoms with Crippen LogP contribution in [0.3, 0.4) is 0 Å². The predicted octanol–water partition coefficient (Wildman–Crippen LogP) is 4.17. The number of pyridine rings is 1. The van der Waals surface area contributed by atoms with Crippen molar-refractivity contribution >= 4 is 16.8 Å². The van der Waals surface area contributed by atoms with E-state index in [0.29, 0.717) is 11.5 Å². The zero-order chi connectivity index (χ0) is 17.8. The molecule has 1 atom stereocenters. The average Bonchev–Trinajstić information content (AvgIpc) is 3.03. The van der Waals surface area contributed by atoms with Gasteiger partial charge >= 0.3 is 0 Å². The largest absolute Gasteiger partial charge is 0.343 e. The van der Waals surface area contributed by atoms with Crippen molar-refractivity contribution in [3.63, 3.8) is 0 Å². The number of benzene rings is 1. The molecule has 0 aliphatic rings. The van der Waals surface area contributed by atoms with Crippen molar-refractivity contribution in [2.45, 2.75) is 39.7 Å². The summed E-state index contributed by atoms with van der Waals surface area (Å²) in [6.07, 6.45) is 3.74. The Kier molecular flexibility index (Phi) is 5.12. The maximum absolute atomic E-state index is 12.9. The SMILES string of the molecule is CCC(CC)C(NC(=O)c1ccc2n[nH]c(C)c2c1)c1ccccn1. The summed E-state index contributed by atoms with van der Waals surface area (Å²) in [6.45, 7) is 6.26. The lowest BCUT2D eigenvalue weighted by atomic mass is 9.91. The number of nitrogens with zero attached hydrogens (tertiary/aromatic N) is 2. The van der Waals surface area contributed by atoms with Crippen LogP contribution >= 0.6 is 0 Å². The van der Waals surface area contributed by atoms with Crippen LogP contribution in [0.4, 0.5) is 0 Å². The van der Waals surface area contributed by atoms with Gasteiger partial charge in [-0.2, -0.15) is 5.10 Å². The molecule has 25 heavy (non-hydrogen) atoms. The Morgan fingerprint density at radius 1 is 1.20 bits per heavy atom. The third kappa shape index (κ3) is 3.55. The Balaban J connectivity index is 1.89. The maximum atomic E-state index is 12.9. The first-order chi connectivity index (χ1) is 12.1. The van der Waals surface area contributed by atoms with Crippen LogP contribution < -0.4 is 5.32 Å². The minimum Gasteiger partial charge on any atom is -0.343 e. The number of aromatic amines is 1. The monoisotopic (exact) mass is 336 g/mol. The second-order valence-electron chi connectivity index (χ2n) is 6.36. The smallest absolute Gasteiger partial charge is 0.251 e. The number of carbonyl (C=O) groups excluding carboxylic acids is 1. The molecule has 1 amide bonds. The first-order valence-electron chi connectivity index (χ1n) is 8.80. The summed E-state index contributed by atoms with van der Waals surface area (Å²) in [6, 6.07) is 11.3. The van der Waals surface area contributed by atoms with Crippen LogP contribution in [-0.4, -0.2) is 21.1 Å². The fraction of sp³-hybridized carbons (Fsp3) is 0.350. The van der Waals surface area contributed by atoms with Gasteiger partial charge in [-0.15, -0.1) is 0 Å². The van der Waals surface area contributed by atoms with E-state index in [-0.39, 0.29) is 11.9 Å². The van der Waals surface area contributed by atoms with Gasteiger partial charge in [-0.25, -0.2) is 0 Å². The molecular weight excluding hydrogens is 312 g/mol. The van der Waals surface area contributed by atoms with Gasteiger partial charge in [-0.1, -0.05) is 32.8 Å². The number of fused-ring (bicyclic) bond motifs is 1. The number of hydrogen-bond donors (Lipinski definition) is 2. The van der Waals surface area contributed by atoms with E-state index in [4.69, 9.17) is 0 Å². The van der Waals surface area contributed by atoms with E-state index in [1.54, 1.807) is 6.20 Å². The Morgan fingerprint density at radius 3 is 2.68 bits per heavy atom. The standard InChI is InChI=1S/C20H24N4O/c1-4-14(5-2)19(18-8-6-7-11-21-18)22-20(25)15-9-10-17-16(12-15)13(3)23-24-17/h6-12,14,19H,4-5H2,1-3H3,(H,22,25)(H,23,24). The van der Waals surface area contributed by atoms with Gasteiger partial charge in [0, 0.05) is 22.8 Å². The number of aryl methyl sites for hydroxylation is 1. The van der Waals surface area contributed by atoms with Crippen LogP contribution in [0, 0.1) is 12.8 Å². The molecule has 1 unspecified atom stereocenters. The maximum Gasteiger partial charge on any atom is 0.251 e. The van der Waals surface area contributed by atoms with Gasteiger partial charge in [0.25, 0.3) is 5.91 Å². The Labute approximate surface area is 147 Å². The lowest BCUT2D eigenvalue weighted by molar-refractivity contribution is 0.0918. The summed E-state index contributed by atoms with van der Waals surface area (Å²) >= 11 is 0. The molecule has 1 aromatic carbocycles. The fourth-order valence-corrected chi connectivity index (χ4v) is 3.26. The van der Waals surface area contributed by atoms with E-state index in [1.807, 2.05) is 43.3 Å². The van der Waals surface area contributed by atoms with E-state index < -0.39 is 0 Å². The lowest BCUT2D eigenvalue weighted by Crippen LogP contribution is -2.33. The van der Waals surface area contributed by atoms with Gasteiger partial charge in [0.1, 0.15) is 0 Å². The Morgan fingerprint density at radius 2 is 2.00 bits per heavy atom. The topological polar surface area (TPSA) is 70.7 Å². The summed E-state index contributed by atoms with van der Waals surface area (Å²) in [5.74, 6) is 0.267. The zero-order valence-corrected chi connectivity index (χ0v) is 14.9. The molecule has 3 rings (SSSR count). The molecule has 0 aliphatic heterocycles.